The highest BCUT2D eigenvalue weighted by molar-refractivity contribution is 5.90. The fourth-order valence-electron chi connectivity index (χ4n) is 1.57. The van der Waals surface area contributed by atoms with E-state index >= 15 is 0 Å². The van der Waals surface area contributed by atoms with E-state index in [4.69, 9.17) is 0 Å². The number of hydrogen-bond acceptors (Lipinski definition) is 2. The van der Waals surface area contributed by atoms with E-state index in [1.54, 1.807) is 17.7 Å². The van der Waals surface area contributed by atoms with Crippen molar-refractivity contribution in [3.05, 3.63) is 42.0 Å². The van der Waals surface area contributed by atoms with Crippen LogP contribution in [0.25, 0.3) is 10.8 Å². The lowest BCUT2D eigenvalue weighted by Crippen LogP contribution is -2.00. The zero-order valence-electron chi connectivity index (χ0n) is 7.50. The molecule has 0 aliphatic rings. The molecular formula is C11H10FNO. The van der Waals surface area contributed by atoms with Crippen molar-refractivity contribution >= 4 is 10.8 Å². The van der Waals surface area contributed by atoms with Crippen LogP contribution in [-0.2, 0) is 6.54 Å². The molecule has 0 saturated carbocycles. The van der Waals surface area contributed by atoms with Gasteiger partial charge in [-0.2, -0.15) is 5.54 Å². The average molecular weight is 191 g/mol. The lowest BCUT2D eigenvalue weighted by atomic mass is 10.0. The second-order valence-corrected chi connectivity index (χ2v) is 3.10. The maximum absolute atomic E-state index is 12.0. The Morgan fingerprint density at radius 1 is 1.07 bits per heavy atom. The molecule has 2 nitrogen and oxygen atoms in total. The van der Waals surface area contributed by atoms with Crippen molar-refractivity contribution < 1.29 is 9.59 Å². The summed E-state index contributed by atoms with van der Waals surface area (Å²) in [5, 5.41) is 11.2. The molecular weight excluding hydrogens is 181 g/mol. The quantitative estimate of drug-likeness (QED) is 0.715. The van der Waals surface area contributed by atoms with Gasteiger partial charge in [0, 0.05) is 5.39 Å². The minimum atomic E-state index is 0.154. The molecule has 3 heteroatoms. The van der Waals surface area contributed by atoms with E-state index in [1.165, 1.54) is 0 Å². The molecule has 72 valence electrons. The van der Waals surface area contributed by atoms with Gasteiger partial charge >= 0.3 is 0 Å². The Bertz CT molecular complexity index is 456. The normalized spacial score (nSPS) is 10.6. The number of halogens is 1. The molecule has 0 aromatic heterocycles. The fraction of sp³-hybridized carbons (Fsp3) is 0.0909. The maximum Gasteiger partial charge on any atom is 0.123 e. The summed E-state index contributed by atoms with van der Waals surface area (Å²) >= 11 is 0. The van der Waals surface area contributed by atoms with Crippen molar-refractivity contribution in [2.24, 2.45) is 0 Å². The summed E-state index contributed by atoms with van der Waals surface area (Å²) in [7, 11) is 0. The van der Waals surface area contributed by atoms with Crippen LogP contribution in [0.2, 0.25) is 0 Å². The number of benzene rings is 2. The zero-order valence-corrected chi connectivity index (χ0v) is 7.50. The molecule has 0 saturated heterocycles. The van der Waals surface area contributed by atoms with Crippen LogP contribution in [0.15, 0.2) is 36.4 Å². The van der Waals surface area contributed by atoms with Crippen molar-refractivity contribution in [1.29, 1.82) is 0 Å². The van der Waals surface area contributed by atoms with E-state index in [2.05, 4.69) is 0 Å². The SMILES string of the molecule is Oc1ccc(CNF)c2ccccc12. The maximum atomic E-state index is 12.0. The van der Waals surface area contributed by atoms with Crippen molar-refractivity contribution in [3.8, 4) is 5.75 Å². The number of nitrogens with one attached hydrogen (secondary N) is 1. The van der Waals surface area contributed by atoms with Crippen LogP contribution < -0.4 is 5.54 Å². The third-order valence-electron chi connectivity index (χ3n) is 2.25. The molecule has 14 heavy (non-hydrogen) atoms. The Morgan fingerprint density at radius 3 is 2.50 bits per heavy atom. The van der Waals surface area contributed by atoms with Gasteiger partial charge in [-0.05, 0) is 17.0 Å². The van der Waals surface area contributed by atoms with Crippen LogP contribution in [0.1, 0.15) is 5.56 Å². The number of rotatable bonds is 2. The molecule has 0 heterocycles. The van der Waals surface area contributed by atoms with Crippen molar-refractivity contribution in [2.45, 2.75) is 6.54 Å². The number of phenols is 1. The van der Waals surface area contributed by atoms with Crippen LogP contribution >= 0.6 is 0 Å². The standard InChI is InChI=1S/C11H10FNO/c12-13-7-8-5-6-11(14)10-4-2-1-3-9(8)10/h1-6,13-14H,7H2. The Hall–Kier alpha value is -1.61. The van der Waals surface area contributed by atoms with Gasteiger partial charge in [0.25, 0.3) is 0 Å². The Morgan fingerprint density at radius 2 is 1.79 bits per heavy atom. The van der Waals surface area contributed by atoms with Crippen LogP contribution in [-0.4, -0.2) is 5.11 Å². The summed E-state index contributed by atoms with van der Waals surface area (Å²) in [6, 6.07) is 10.7. The van der Waals surface area contributed by atoms with Gasteiger partial charge in [0.05, 0.1) is 6.54 Å². The monoisotopic (exact) mass is 191 g/mol. The molecule has 0 aliphatic heterocycles. The molecule has 0 radical (unpaired) electrons. The smallest absolute Gasteiger partial charge is 0.123 e. The summed E-state index contributed by atoms with van der Waals surface area (Å²) in [5.41, 5.74) is 2.45. The van der Waals surface area contributed by atoms with Gasteiger partial charge in [-0.1, -0.05) is 30.3 Å². The van der Waals surface area contributed by atoms with Gasteiger partial charge < -0.3 is 5.11 Å². The highest BCUT2D eigenvalue weighted by Crippen LogP contribution is 2.27. The van der Waals surface area contributed by atoms with Crippen LogP contribution in [0.5, 0.6) is 5.75 Å². The third-order valence-corrected chi connectivity index (χ3v) is 2.25. The van der Waals surface area contributed by atoms with E-state index in [9.17, 15) is 9.59 Å². The van der Waals surface area contributed by atoms with Crippen LogP contribution in [0.3, 0.4) is 0 Å². The van der Waals surface area contributed by atoms with E-state index in [0.29, 0.717) is 0 Å². The Kier molecular flexibility index (Phi) is 2.33. The predicted octanol–water partition coefficient (Wildman–Crippen LogP) is 2.52. The average Bonchev–Trinajstić information content (AvgIpc) is 2.23. The molecule has 2 N–H and O–H groups in total. The molecule has 0 unspecified atom stereocenters. The minimum Gasteiger partial charge on any atom is -0.507 e. The third kappa shape index (κ3) is 1.42. The highest BCUT2D eigenvalue weighted by Gasteiger charge is 2.03. The fourth-order valence-corrected chi connectivity index (χ4v) is 1.57. The Balaban J connectivity index is 2.68. The first kappa shape index (κ1) is 8.97. The molecule has 0 fully saturated rings. The second kappa shape index (κ2) is 3.64. The largest absolute Gasteiger partial charge is 0.507 e. The number of fused-ring (bicyclic) bond motifs is 1. The molecule has 2 rings (SSSR count). The van der Waals surface area contributed by atoms with Crippen LogP contribution in [0, 0.1) is 0 Å². The van der Waals surface area contributed by atoms with Gasteiger partial charge in [0.2, 0.25) is 0 Å². The zero-order chi connectivity index (χ0) is 9.97. The molecule has 2 aromatic rings. The highest BCUT2D eigenvalue weighted by atomic mass is 19.2. The Labute approximate surface area is 80.9 Å². The summed E-state index contributed by atoms with van der Waals surface area (Å²) in [6.45, 7) is 0.154. The van der Waals surface area contributed by atoms with E-state index in [-0.39, 0.29) is 12.3 Å². The number of phenolic OH excluding ortho intramolecular Hbond substituents is 1. The topological polar surface area (TPSA) is 32.3 Å². The molecule has 0 aliphatic carbocycles. The van der Waals surface area contributed by atoms with E-state index in [1.807, 2.05) is 24.3 Å². The van der Waals surface area contributed by atoms with E-state index in [0.717, 1.165) is 16.3 Å². The van der Waals surface area contributed by atoms with Crippen LogP contribution in [0.4, 0.5) is 4.48 Å². The van der Waals surface area contributed by atoms with Gasteiger partial charge in [-0.3, -0.25) is 0 Å². The van der Waals surface area contributed by atoms with Gasteiger partial charge in [0.15, 0.2) is 0 Å². The second-order valence-electron chi connectivity index (χ2n) is 3.10. The minimum absolute atomic E-state index is 0.154. The predicted molar refractivity (Wildman–Crippen MR) is 53.6 cm³/mol. The first-order valence-electron chi connectivity index (χ1n) is 4.36. The van der Waals surface area contributed by atoms with Crippen molar-refractivity contribution in [2.75, 3.05) is 0 Å². The molecule has 0 atom stereocenters. The lowest BCUT2D eigenvalue weighted by Gasteiger charge is -2.05. The summed E-state index contributed by atoms with van der Waals surface area (Å²) in [5.74, 6) is 0.225. The van der Waals surface area contributed by atoms with Gasteiger partial charge in [-0.15, -0.1) is 4.48 Å². The number of aromatic hydroxyl groups is 1. The molecule has 0 amide bonds. The van der Waals surface area contributed by atoms with Gasteiger partial charge in [-0.25, -0.2) is 0 Å². The first-order chi connectivity index (χ1) is 6.83. The molecule has 2 aromatic carbocycles. The first-order valence-corrected chi connectivity index (χ1v) is 4.36. The summed E-state index contributed by atoms with van der Waals surface area (Å²) < 4.78 is 12.0. The molecule has 0 bridgehead atoms. The van der Waals surface area contributed by atoms with Crippen molar-refractivity contribution in [3.63, 3.8) is 0 Å². The van der Waals surface area contributed by atoms with E-state index < -0.39 is 0 Å². The lowest BCUT2D eigenvalue weighted by molar-refractivity contribution is 0.331. The van der Waals surface area contributed by atoms with Crippen molar-refractivity contribution in [1.82, 2.24) is 5.54 Å². The summed E-state index contributed by atoms with van der Waals surface area (Å²) in [4.78, 5) is 0. The summed E-state index contributed by atoms with van der Waals surface area (Å²) in [6.07, 6.45) is 0. The number of hydrogen-bond donors (Lipinski definition) is 2. The van der Waals surface area contributed by atoms with Gasteiger partial charge in [0.1, 0.15) is 5.75 Å². The molecule has 0 spiro atoms.